The second kappa shape index (κ2) is 5.28. The van der Waals surface area contributed by atoms with Crippen molar-refractivity contribution in [3.8, 4) is 0 Å². The quantitative estimate of drug-likeness (QED) is 0.676. The third-order valence-corrected chi connectivity index (χ3v) is 2.98. The molecule has 1 aromatic carbocycles. The fourth-order valence-corrected chi connectivity index (χ4v) is 1.80. The molecule has 0 amide bonds. The predicted octanol–water partition coefficient (Wildman–Crippen LogP) is 4.03. The van der Waals surface area contributed by atoms with Crippen molar-refractivity contribution < 1.29 is 4.92 Å². The zero-order valence-corrected chi connectivity index (χ0v) is 11.8. The highest BCUT2D eigenvalue weighted by Gasteiger charge is 2.13. The van der Waals surface area contributed by atoms with Crippen molar-refractivity contribution in [3.63, 3.8) is 0 Å². The molecule has 1 heterocycles. The Labute approximate surface area is 117 Å². The number of hydrogen-bond donors (Lipinski definition) is 1. The van der Waals surface area contributed by atoms with Gasteiger partial charge in [-0.1, -0.05) is 32.9 Å². The number of rotatable bonds is 3. The molecule has 0 atom stereocenters. The van der Waals surface area contributed by atoms with Gasteiger partial charge in [-0.2, -0.15) is 0 Å². The lowest BCUT2D eigenvalue weighted by atomic mass is 9.87. The van der Waals surface area contributed by atoms with Crippen LogP contribution >= 0.6 is 0 Å². The van der Waals surface area contributed by atoms with Crippen molar-refractivity contribution in [1.29, 1.82) is 0 Å². The normalized spacial score (nSPS) is 11.2. The van der Waals surface area contributed by atoms with Crippen LogP contribution in [0, 0.1) is 10.1 Å². The second-order valence-electron chi connectivity index (χ2n) is 5.61. The average molecular weight is 271 g/mol. The summed E-state index contributed by atoms with van der Waals surface area (Å²) in [5.74, 6) is 0.461. The monoisotopic (exact) mass is 271 g/mol. The number of nitrogens with zero attached hydrogens (tertiary/aromatic N) is 2. The molecular weight excluding hydrogens is 254 g/mol. The van der Waals surface area contributed by atoms with Crippen molar-refractivity contribution >= 4 is 17.2 Å². The molecule has 5 nitrogen and oxygen atoms in total. The molecule has 0 radical (unpaired) electrons. The van der Waals surface area contributed by atoms with Crippen LogP contribution in [0.25, 0.3) is 0 Å². The van der Waals surface area contributed by atoms with E-state index >= 15 is 0 Å². The van der Waals surface area contributed by atoms with Gasteiger partial charge in [0.15, 0.2) is 0 Å². The highest BCUT2D eigenvalue weighted by atomic mass is 16.6. The van der Waals surface area contributed by atoms with Gasteiger partial charge in [-0.3, -0.25) is 10.1 Å². The summed E-state index contributed by atoms with van der Waals surface area (Å²) in [7, 11) is 0. The first-order valence-electron chi connectivity index (χ1n) is 6.34. The van der Waals surface area contributed by atoms with Gasteiger partial charge < -0.3 is 5.32 Å². The molecule has 1 aromatic heterocycles. The van der Waals surface area contributed by atoms with E-state index in [-0.39, 0.29) is 11.1 Å². The molecule has 5 heteroatoms. The van der Waals surface area contributed by atoms with E-state index in [1.165, 1.54) is 23.9 Å². The van der Waals surface area contributed by atoms with E-state index in [0.29, 0.717) is 5.82 Å². The van der Waals surface area contributed by atoms with E-state index in [4.69, 9.17) is 0 Å². The van der Waals surface area contributed by atoms with Gasteiger partial charge in [-0.15, -0.1) is 0 Å². The van der Waals surface area contributed by atoms with Gasteiger partial charge in [0.05, 0.1) is 11.0 Å². The Balaban J connectivity index is 2.18. The molecule has 0 spiro atoms. The summed E-state index contributed by atoms with van der Waals surface area (Å²) < 4.78 is 0. The van der Waals surface area contributed by atoms with Crippen LogP contribution in [-0.4, -0.2) is 9.91 Å². The van der Waals surface area contributed by atoms with Crippen LogP contribution in [0.1, 0.15) is 26.3 Å². The van der Waals surface area contributed by atoms with Gasteiger partial charge >= 0.3 is 0 Å². The van der Waals surface area contributed by atoms with E-state index < -0.39 is 4.92 Å². The molecule has 0 aliphatic heterocycles. The van der Waals surface area contributed by atoms with Crippen LogP contribution in [0.2, 0.25) is 0 Å². The maximum Gasteiger partial charge on any atom is 0.274 e. The summed E-state index contributed by atoms with van der Waals surface area (Å²) in [5, 5.41) is 13.8. The maximum atomic E-state index is 10.7. The minimum Gasteiger partial charge on any atom is -0.340 e. The van der Waals surface area contributed by atoms with Crippen molar-refractivity contribution in [2.24, 2.45) is 0 Å². The summed E-state index contributed by atoms with van der Waals surface area (Å²) in [6.45, 7) is 6.45. The zero-order chi connectivity index (χ0) is 14.8. The summed E-state index contributed by atoms with van der Waals surface area (Å²) in [6, 6.07) is 10.8. The minimum absolute atomic E-state index is 0.0220. The van der Waals surface area contributed by atoms with Crippen LogP contribution in [0.15, 0.2) is 42.6 Å². The standard InChI is InChI=1S/C15H17N3O2/c1-15(2,3)11-4-6-12(7-5-11)17-14-10-13(18(19)20)8-9-16-14/h4-10H,1-3H3,(H,16,17). The Morgan fingerprint density at radius 3 is 2.35 bits per heavy atom. The maximum absolute atomic E-state index is 10.7. The first-order chi connectivity index (χ1) is 9.36. The lowest BCUT2D eigenvalue weighted by Gasteiger charge is -2.19. The molecule has 0 bridgehead atoms. The number of benzene rings is 1. The zero-order valence-electron chi connectivity index (χ0n) is 11.8. The summed E-state index contributed by atoms with van der Waals surface area (Å²) in [6.07, 6.45) is 1.42. The van der Waals surface area contributed by atoms with E-state index in [1.54, 1.807) is 0 Å². The molecule has 0 aliphatic carbocycles. The fourth-order valence-electron chi connectivity index (χ4n) is 1.80. The van der Waals surface area contributed by atoms with Crippen molar-refractivity contribution in [2.45, 2.75) is 26.2 Å². The van der Waals surface area contributed by atoms with Gasteiger partial charge in [-0.25, -0.2) is 4.98 Å². The van der Waals surface area contributed by atoms with Crippen molar-refractivity contribution in [1.82, 2.24) is 4.98 Å². The lowest BCUT2D eigenvalue weighted by Crippen LogP contribution is -2.10. The number of nitro groups is 1. The van der Waals surface area contributed by atoms with E-state index in [1.807, 2.05) is 24.3 Å². The first-order valence-corrected chi connectivity index (χ1v) is 6.34. The van der Waals surface area contributed by atoms with Gasteiger partial charge in [0.1, 0.15) is 5.82 Å². The van der Waals surface area contributed by atoms with E-state index in [9.17, 15) is 10.1 Å². The molecule has 20 heavy (non-hydrogen) atoms. The van der Waals surface area contributed by atoms with Gasteiger partial charge in [-0.05, 0) is 23.1 Å². The summed E-state index contributed by atoms with van der Waals surface area (Å²) in [5.41, 5.74) is 2.21. The molecular formula is C15H17N3O2. The van der Waals surface area contributed by atoms with Gasteiger partial charge in [0, 0.05) is 18.0 Å². The molecule has 0 fully saturated rings. The Morgan fingerprint density at radius 2 is 1.80 bits per heavy atom. The van der Waals surface area contributed by atoms with Crippen LogP contribution in [0.4, 0.5) is 17.2 Å². The highest BCUT2D eigenvalue weighted by Crippen LogP contribution is 2.25. The van der Waals surface area contributed by atoms with Crippen LogP contribution < -0.4 is 5.32 Å². The molecule has 0 saturated heterocycles. The third-order valence-electron chi connectivity index (χ3n) is 2.98. The predicted molar refractivity (Wildman–Crippen MR) is 79.3 cm³/mol. The van der Waals surface area contributed by atoms with Crippen LogP contribution in [-0.2, 0) is 5.41 Å². The summed E-state index contributed by atoms with van der Waals surface area (Å²) in [4.78, 5) is 14.3. The molecule has 1 N–H and O–H groups in total. The van der Waals surface area contributed by atoms with Crippen molar-refractivity contribution in [2.75, 3.05) is 5.32 Å². The largest absolute Gasteiger partial charge is 0.340 e. The Kier molecular flexibility index (Phi) is 3.70. The van der Waals surface area contributed by atoms with Crippen LogP contribution in [0.5, 0.6) is 0 Å². The number of nitrogens with one attached hydrogen (secondary N) is 1. The molecule has 2 aromatic rings. The van der Waals surface area contributed by atoms with Gasteiger partial charge in [0.25, 0.3) is 5.69 Å². The Bertz CT molecular complexity index is 616. The first kappa shape index (κ1) is 14.0. The van der Waals surface area contributed by atoms with E-state index in [0.717, 1.165) is 5.69 Å². The fraction of sp³-hybridized carbons (Fsp3) is 0.267. The number of aromatic nitrogens is 1. The van der Waals surface area contributed by atoms with Gasteiger partial charge in [0.2, 0.25) is 0 Å². The molecule has 0 aliphatic rings. The number of anilines is 2. The number of pyridine rings is 1. The Hall–Kier alpha value is -2.43. The topological polar surface area (TPSA) is 68.1 Å². The Morgan fingerprint density at radius 1 is 1.15 bits per heavy atom. The third kappa shape index (κ3) is 3.32. The van der Waals surface area contributed by atoms with E-state index in [2.05, 4.69) is 31.1 Å². The lowest BCUT2D eigenvalue weighted by molar-refractivity contribution is -0.384. The number of hydrogen-bond acceptors (Lipinski definition) is 4. The molecule has 0 unspecified atom stereocenters. The second-order valence-corrected chi connectivity index (χ2v) is 5.61. The molecule has 2 rings (SSSR count). The molecule has 104 valence electrons. The smallest absolute Gasteiger partial charge is 0.274 e. The van der Waals surface area contributed by atoms with Crippen LogP contribution in [0.3, 0.4) is 0 Å². The highest BCUT2D eigenvalue weighted by molar-refractivity contribution is 5.58. The summed E-state index contributed by atoms with van der Waals surface area (Å²) >= 11 is 0. The SMILES string of the molecule is CC(C)(C)c1ccc(Nc2cc([N+](=O)[O-])ccn2)cc1. The average Bonchev–Trinajstić information content (AvgIpc) is 2.38. The minimum atomic E-state index is -0.435. The molecule has 0 saturated carbocycles. The van der Waals surface area contributed by atoms with Crippen molar-refractivity contribution in [3.05, 3.63) is 58.3 Å².